The number of carbonyl (C=O) groups excluding carboxylic acids is 1. The topological polar surface area (TPSA) is 104 Å². The van der Waals surface area contributed by atoms with Crippen molar-refractivity contribution < 1.29 is 24.6 Å². The number of rotatable bonds is 14. The van der Waals surface area contributed by atoms with Gasteiger partial charge in [-0.1, -0.05) is 34.9 Å². The van der Waals surface area contributed by atoms with E-state index >= 15 is 0 Å². The molecule has 0 saturated heterocycles. The van der Waals surface area contributed by atoms with Crippen LogP contribution in [0.15, 0.2) is 47.1 Å². The Balaban J connectivity index is 4.27. The summed E-state index contributed by atoms with van der Waals surface area (Å²) in [6, 6.07) is -1.06. The third-order valence-electron chi connectivity index (χ3n) is 3.95. The standard InChI is InChI=1S/C22H33NO5S/c1-16(2)7-5-8-17(3)9-6-10-18(4)13-14-29-15-19(22(27)28)23-20(24)11-12-21(25)26/h7,9,11-13,19H,5-6,8,10,14-15H2,1-4H3,(H,23,24)(H,25,26)(H,27,28)/b12-11+,17-9+,18-13+/t19-/m1/s1. The molecule has 0 aromatic carbocycles. The van der Waals surface area contributed by atoms with Gasteiger partial charge >= 0.3 is 11.9 Å². The number of carbonyl (C=O) groups is 3. The summed E-state index contributed by atoms with van der Waals surface area (Å²) < 4.78 is 0. The van der Waals surface area contributed by atoms with E-state index in [1.807, 2.05) is 0 Å². The quantitative estimate of drug-likeness (QED) is 0.218. The highest BCUT2D eigenvalue weighted by molar-refractivity contribution is 7.99. The number of nitrogens with one attached hydrogen (secondary N) is 1. The number of hydrogen-bond donors (Lipinski definition) is 3. The number of amides is 1. The first-order valence-electron chi connectivity index (χ1n) is 9.58. The molecule has 0 heterocycles. The number of hydrogen-bond acceptors (Lipinski definition) is 4. The van der Waals surface area contributed by atoms with Crippen molar-refractivity contribution >= 4 is 29.6 Å². The van der Waals surface area contributed by atoms with Gasteiger partial charge in [0.1, 0.15) is 6.04 Å². The van der Waals surface area contributed by atoms with Crippen molar-refractivity contribution in [2.75, 3.05) is 11.5 Å². The van der Waals surface area contributed by atoms with E-state index < -0.39 is 23.9 Å². The van der Waals surface area contributed by atoms with Gasteiger partial charge < -0.3 is 15.5 Å². The Morgan fingerprint density at radius 1 is 0.897 bits per heavy atom. The van der Waals surface area contributed by atoms with Gasteiger partial charge in [0.15, 0.2) is 0 Å². The van der Waals surface area contributed by atoms with Crippen LogP contribution in [0.1, 0.15) is 53.4 Å². The van der Waals surface area contributed by atoms with Gasteiger partial charge in [0.2, 0.25) is 5.91 Å². The van der Waals surface area contributed by atoms with Crippen LogP contribution in [0.4, 0.5) is 0 Å². The number of carboxylic acids is 2. The summed E-state index contributed by atoms with van der Waals surface area (Å²) in [7, 11) is 0. The summed E-state index contributed by atoms with van der Waals surface area (Å²) in [6.45, 7) is 8.42. The molecule has 0 spiro atoms. The van der Waals surface area contributed by atoms with Crippen molar-refractivity contribution in [3.8, 4) is 0 Å². The number of allylic oxidation sites excluding steroid dienone is 5. The Bertz CT molecular complexity index is 673. The minimum absolute atomic E-state index is 0.204. The molecule has 29 heavy (non-hydrogen) atoms. The Hall–Kier alpha value is -2.28. The van der Waals surface area contributed by atoms with Crippen molar-refractivity contribution in [2.24, 2.45) is 0 Å². The molecule has 0 unspecified atom stereocenters. The lowest BCUT2D eigenvalue weighted by atomic mass is 10.1. The predicted molar refractivity (Wildman–Crippen MR) is 119 cm³/mol. The molecule has 7 heteroatoms. The molecule has 1 amide bonds. The summed E-state index contributed by atoms with van der Waals surface area (Å²) in [6.07, 6.45) is 12.2. The van der Waals surface area contributed by atoms with Crippen molar-refractivity contribution in [2.45, 2.75) is 59.4 Å². The SMILES string of the molecule is CC(C)=CCC/C(C)=C/CC/C(C)=C/CSC[C@@H](NC(=O)/C=C/C(=O)O)C(=O)O. The van der Waals surface area contributed by atoms with Crippen LogP contribution in [0.25, 0.3) is 0 Å². The van der Waals surface area contributed by atoms with E-state index in [9.17, 15) is 19.5 Å². The van der Waals surface area contributed by atoms with Crippen LogP contribution in [0.2, 0.25) is 0 Å². The third kappa shape index (κ3) is 16.4. The molecular weight excluding hydrogens is 390 g/mol. The first-order valence-corrected chi connectivity index (χ1v) is 10.7. The lowest BCUT2D eigenvalue weighted by Gasteiger charge is -2.12. The number of aliphatic carboxylic acids is 2. The minimum Gasteiger partial charge on any atom is -0.480 e. The predicted octanol–water partition coefficient (Wildman–Crippen LogP) is 4.35. The van der Waals surface area contributed by atoms with Gasteiger partial charge in [0.25, 0.3) is 0 Å². The smallest absolute Gasteiger partial charge is 0.328 e. The Kier molecular flexibility index (Phi) is 14.4. The first kappa shape index (κ1) is 26.7. The van der Waals surface area contributed by atoms with E-state index in [1.54, 1.807) is 0 Å². The fourth-order valence-corrected chi connectivity index (χ4v) is 3.27. The highest BCUT2D eigenvalue weighted by Gasteiger charge is 2.18. The van der Waals surface area contributed by atoms with Crippen LogP contribution in [0.5, 0.6) is 0 Å². The van der Waals surface area contributed by atoms with Gasteiger partial charge in [0.05, 0.1) is 0 Å². The third-order valence-corrected chi connectivity index (χ3v) is 4.92. The van der Waals surface area contributed by atoms with E-state index in [2.05, 4.69) is 51.2 Å². The monoisotopic (exact) mass is 423 g/mol. The summed E-state index contributed by atoms with van der Waals surface area (Å²) in [5.74, 6) is -2.29. The second kappa shape index (κ2) is 15.6. The summed E-state index contributed by atoms with van der Waals surface area (Å²) in [5, 5.41) is 19.9. The Morgan fingerprint density at radius 2 is 1.48 bits per heavy atom. The van der Waals surface area contributed by atoms with Gasteiger partial charge in [-0.15, -0.1) is 0 Å². The van der Waals surface area contributed by atoms with E-state index in [4.69, 9.17) is 5.11 Å². The van der Waals surface area contributed by atoms with Crippen LogP contribution in [-0.2, 0) is 14.4 Å². The maximum Gasteiger partial charge on any atom is 0.328 e. The fraction of sp³-hybridized carbons (Fsp3) is 0.500. The van der Waals surface area contributed by atoms with Gasteiger partial charge in [0, 0.05) is 23.7 Å². The van der Waals surface area contributed by atoms with Crippen molar-refractivity contribution in [3.63, 3.8) is 0 Å². The van der Waals surface area contributed by atoms with Gasteiger partial charge in [-0.05, 0) is 53.4 Å². The Morgan fingerprint density at radius 3 is 2.03 bits per heavy atom. The second-order valence-corrected chi connectivity index (χ2v) is 8.14. The molecule has 0 aliphatic heterocycles. The molecule has 0 saturated carbocycles. The van der Waals surface area contributed by atoms with Crippen molar-refractivity contribution in [1.29, 1.82) is 0 Å². The van der Waals surface area contributed by atoms with E-state index in [0.717, 1.165) is 31.8 Å². The molecule has 0 aromatic rings. The lowest BCUT2D eigenvalue weighted by Crippen LogP contribution is -2.42. The molecule has 6 nitrogen and oxygen atoms in total. The van der Waals surface area contributed by atoms with E-state index in [-0.39, 0.29) is 5.75 Å². The molecule has 0 aromatic heterocycles. The van der Waals surface area contributed by atoms with Crippen LogP contribution in [0.3, 0.4) is 0 Å². The second-order valence-electron chi connectivity index (χ2n) is 7.07. The normalized spacial score (nSPS) is 13.2. The average Bonchev–Trinajstić information content (AvgIpc) is 2.61. The molecule has 3 N–H and O–H groups in total. The first-order chi connectivity index (χ1) is 13.6. The highest BCUT2D eigenvalue weighted by Crippen LogP contribution is 2.13. The highest BCUT2D eigenvalue weighted by atomic mass is 32.2. The summed E-state index contributed by atoms with van der Waals surface area (Å²) in [4.78, 5) is 33.1. The minimum atomic E-state index is -1.26. The van der Waals surface area contributed by atoms with E-state index in [0.29, 0.717) is 11.8 Å². The Labute approximate surface area is 177 Å². The van der Waals surface area contributed by atoms with Crippen molar-refractivity contribution in [3.05, 3.63) is 47.1 Å². The van der Waals surface area contributed by atoms with Crippen LogP contribution in [0, 0.1) is 0 Å². The van der Waals surface area contributed by atoms with Crippen LogP contribution in [-0.4, -0.2) is 45.6 Å². The molecular formula is C22H33NO5S. The maximum absolute atomic E-state index is 11.5. The van der Waals surface area contributed by atoms with Gasteiger partial charge in [-0.25, -0.2) is 9.59 Å². The molecule has 162 valence electrons. The molecule has 0 aliphatic carbocycles. The average molecular weight is 424 g/mol. The van der Waals surface area contributed by atoms with Crippen LogP contribution >= 0.6 is 11.8 Å². The molecule has 0 rings (SSSR count). The number of carboxylic acid groups (broad SMARTS) is 2. The maximum atomic E-state index is 11.5. The van der Waals surface area contributed by atoms with Crippen LogP contribution < -0.4 is 5.32 Å². The molecule has 1 atom stereocenters. The molecule has 0 aliphatic rings. The van der Waals surface area contributed by atoms with Crippen molar-refractivity contribution in [1.82, 2.24) is 5.32 Å². The lowest BCUT2D eigenvalue weighted by molar-refractivity contribution is -0.140. The zero-order valence-electron chi connectivity index (χ0n) is 17.7. The summed E-state index contributed by atoms with van der Waals surface area (Å²) in [5.41, 5.74) is 3.98. The number of thioether (sulfide) groups is 1. The van der Waals surface area contributed by atoms with Gasteiger partial charge in [-0.3, -0.25) is 4.79 Å². The summed E-state index contributed by atoms with van der Waals surface area (Å²) >= 11 is 1.40. The molecule has 0 bridgehead atoms. The van der Waals surface area contributed by atoms with E-state index in [1.165, 1.54) is 28.5 Å². The zero-order chi connectivity index (χ0) is 22.2. The molecule has 0 radical (unpaired) electrons. The zero-order valence-corrected chi connectivity index (χ0v) is 18.6. The fourth-order valence-electron chi connectivity index (χ4n) is 2.27. The van der Waals surface area contributed by atoms with Gasteiger partial charge in [-0.2, -0.15) is 11.8 Å². The largest absolute Gasteiger partial charge is 0.480 e. The molecule has 0 fully saturated rings.